The molecule has 0 atom stereocenters. The molecular formula is C10H11N5O. The van der Waals surface area contributed by atoms with Crippen LogP contribution in [0, 0.1) is 5.92 Å². The lowest BCUT2D eigenvalue weighted by Gasteiger charge is -1.95. The van der Waals surface area contributed by atoms with Crippen molar-refractivity contribution in [1.82, 2.24) is 20.1 Å². The molecule has 3 rings (SSSR count). The van der Waals surface area contributed by atoms with Crippen LogP contribution < -0.4 is 5.73 Å². The Kier molecular flexibility index (Phi) is 2.05. The van der Waals surface area contributed by atoms with Gasteiger partial charge in [0.25, 0.3) is 5.89 Å². The van der Waals surface area contributed by atoms with Crippen LogP contribution in [0.5, 0.6) is 0 Å². The van der Waals surface area contributed by atoms with Crippen molar-refractivity contribution in [2.75, 3.05) is 5.73 Å². The van der Waals surface area contributed by atoms with Crippen molar-refractivity contribution in [3.8, 4) is 11.6 Å². The van der Waals surface area contributed by atoms with Crippen LogP contribution in [0.2, 0.25) is 0 Å². The first kappa shape index (κ1) is 9.26. The second-order valence-corrected chi connectivity index (χ2v) is 3.95. The van der Waals surface area contributed by atoms with Crippen molar-refractivity contribution in [1.29, 1.82) is 0 Å². The largest absolute Gasteiger partial charge is 0.382 e. The predicted molar refractivity (Wildman–Crippen MR) is 56.2 cm³/mol. The van der Waals surface area contributed by atoms with E-state index in [1.807, 2.05) is 0 Å². The first-order chi connectivity index (χ1) is 7.83. The number of anilines is 1. The van der Waals surface area contributed by atoms with E-state index in [4.69, 9.17) is 10.3 Å². The number of nitrogen functional groups attached to an aromatic ring is 1. The molecule has 0 aromatic carbocycles. The molecule has 0 aliphatic heterocycles. The highest BCUT2D eigenvalue weighted by molar-refractivity contribution is 5.61. The first-order valence-electron chi connectivity index (χ1n) is 5.22. The minimum Gasteiger partial charge on any atom is -0.382 e. The molecule has 0 bridgehead atoms. The van der Waals surface area contributed by atoms with E-state index in [0.717, 1.165) is 18.2 Å². The fourth-order valence-corrected chi connectivity index (χ4v) is 1.53. The Balaban J connectivity index is 1.88. The molecule has 1 aliphatic carbocycles. The van der Waals surface area contributed by atoms with Crippen LogP contribution in [0.4, 0.5) is 5.82 Å². The fourth-order valence-electron chi connectivity index (χ4n) is 1.53. The van der Waals surface area contributed by atoms with E-state index in [9.17, 15) is 0 Å². The molecule has 2 N–H and O–H groups in total. The first-order valence-corrected chi connectivity index (χ1v) is 5.22. The normalized spacial score (nSPS) is 15.2. The Morgan fingerprint density at radius 3 is 2.88 bits per heavy atom. The minimum absolute atomic E-state index is 0.309. The summed E-state index contributed by atoms with van der Waals surface area (Å²) in [6.07, 6.45) is 6.48. The SMILES string of the molecule is Nc1nccnc1-c1nc(CC2CC2)no1. The molecular weight excluding hydrogens is 206 g/mol. The van der Waals surface area contributed by atoms with Gasteiger partial charge in [0.05, 0.1) is 0 Å². The van der Waals surface area contributed by atoms with Gasteiger partial charge in [-0.25, -0.2) is 9.97 Å². The fraction of sp³-hybridized carbons (Fsp3) is 0.400. The summed E-state index contributed by atoms with van der Waals surface area (Å²) in [5.41, 5.74) is 6.13. The Morgan fingerprint density at radius 1 is 1.31 bits per heavy atom. The highest BCUT2D eigenvalue weighted by Gasteiger charge is 2.24. The van der Waals surface area contributed by atoms with E-state index < -0.39 is 0 Å². The topological polar surface area (TPSA) is 90.7 Å². The summed E-state index contributed by atoms with van der Waals surface area (Å²) >= 11 is 0. The molecule has 2 aromatic heterocycles. The average molecular weight is 217 g/mol. The standard InChI is InChI=1S/C10H11N5O/c11-9-8(12-3-4-13-9)10-14-7(15-16-10)5-6-1-2-6/h3-4,6H,1-2,5H2,(H2,11,13). The molecule has 6 heteroatoms. The van der Waals surface area contributed by atoms with Crippen LogP contribution >= 0.6 is 0 Å². The monoisotopic (exact) mass is 217 g/mol. The summed E-state index contributed by atoms with van der Waals surface area (Å²) < 4.78 is 5.12. The number of nitrogens with two attached hydrogens (primary N) is 1. The summed E-state index contributed by atoms with van der Waals surface area (Å²) in [6.45, 7) is 0. The van der Waals surface area contributed by atoms with Gasteiger partial charge in [-0.2, -0.15) is 4.98 Å². The molecule has 0 amide bonds. The third-order valence-electron chi connectivity index (χ3n) is 2.57. The highest BCUT2D eigenvalue weighted by atomic mass is 16.5. The number of aromatic nitrogens is 4. The van der Waals surface area contributed by atoms with Gasteiger partial charge in [-0.05, 0) is 18.8 Å². The number of nitrogens with zero attached hydrogens (tertiary/aromatic N) is 4. The van der Waals surface area contributed by atoms with E-state index in [2.05, 4.69) is 20.1 Å². The summed E-state index contributed by atoms with van der Waals surface area (Å²) in [5, 5.41) is 3.90. The van der Waals surface area contributed by atoms with Crippen LogP contribution in [0.25, 0.3) is 11.6 Å². The third kappa shape index (κ3) is 1.73. The van der Waals surface area contributed by atoms with Crippen molar-refractivity contribution in [3.63, 3.8) is 0 Å². The second kappa shape index (κ2) is 3.55. The van der Waals surface area contributed by atoms with Gasteiger partial charge in [-0.1, -0.05) is 5.16 Å². The molecule has 0 spiro atoms. The molecule has 1 aliphatic rings. The van der Waals surface area contributed by atoms with Gasteiger partial charge in [0.15, 0.2) is 17.3 Å². The van der Waals surface area contributed by atoms with E-state index in [-0.39, 0.29) is 0 Å². The third-order valence-corrected chi connectivity index (χ3v) is 2.57. The Labute approximate surface area is 91.9 Å². The van der Waals surface area contributed by atoms with Crippen LogP contribution in [0.3, 0.4) is 0 Å². The number of rotatable bonds is 3. The molecule has 2 heterocycles. The van der Waals surface area contributed by atoms with E-state index >= 15 is 0 Å². The molecule has 0 radical (unpaired) electrons. The van der Waals surface area contributed by atoms with Crippen LogP contribution in [0.15, 0.2) is 16.9 Å². The zero-order valence-corrected chi connectivity index (χ0v) is 8.63. The number of hydrogen-bond acceptors (Lipinski definition) is 6. The molecule has 82 valence electrons. The average Bonchev–Trinajstić information content (AvgIpc) is 2.97. The van der Waals surface area contributed by atoms with Crippen molar-refractivity contribution in [2.45, 2.75) is 19.3 Å². The maximum Gasteiger partial charge on any atom is 0.280 e. The Morgan fingerprint density at radius 2 is 2.12 bits per heavy atom. The van der Waals surface area contributed by atoms with E-state index in [1.54, 1.807) is 6.20 Å². The summed E-state index contributed by atoms with van der Waals surface area (Å²) in [5.74, 6) is 2.11. The van der Waals surface area contributed by atoms with Crippen molar-refractivity contribution in [3.05, 3.63) is 18.2 Å². The minimum atomic E-state index is 0.309. The van der Waals surface area contributed by atoms with Gasteiger partial charge < -0.3 is 10.3 Å². The maximum absolute atomic E-state index is 5.67. The maximum atomic E-state index is 5.67. The van der Waals surface area contributed by atoms with Crippen LogP contribution in [-0.2, 0) is 6.42 Å². The molecule has 1 saturated carbocycles. The van der Waals surface area contributed by atoms with Gasteiger partial charge in [-0.3, -0.25) is 0 Å². The number of hydrogen-bond donors (Lipinski definition) is 1. The van der Waals surface area contributed by atoms with Crippen molar-refractivity contribution >= 4 is 5.82 Å². The summed E-state index contributed by atoms with van der Waals surface area (Å²) in [4.78, 5) is 12.3. The smallest absolute Gasteiger partial charge is 0.280 e. The molecule has 0 unspecified atom stereocenters. The van der Waals surface area contributed by atoms with Gasteiger partial charge in [0.1, 0.15) is 0 Å². The second-order valence-electron chi connectivity index (χ2n) is 3.95. The molecule has 16 heavy (non-hydrogen) atoms. The van der Waals surface area contributed by atoms with E-state index in [0.29, 0.717) is 17.4 Å². The van der Waals surface area contributed by atoms with Gasteiger partial charge >= 0.3 is 0 Å². The van der Waals surface area contributed by atoms with E-state index in [1.165, 1.54) is 19.0 Å². The zero-order chi connectivity index (χ0) is 11.0. The van der Waals surface area contributed by atoms with Crippen molar-refractivity contribution in [2.24, 2.45) is 5.92 Å². The molecule has 2 aromatic rings. The molecule has 6 nitrogen and oxygen atoms in total. The van der Waals surface area contributed by atoms with Crippen LogP contribution in [-0.4, -0.2) is 20.1 Å². The van der Waals surface area contributed by atoms with Gasteiger partial charge in [0.2, 0.25) is 0 Å². The van der Waals surface area contributed by atoms with Crippen LogP contribution in [0.1, 0.15) is 18.7 Å². The summed E-state index contributed by atoms with van der Waals surface area (Å²) in [7, 11) is 0. The highest BCUT2D eigenvalue weighted by Crippen LogP contribution is 2.32. The predicted octanol–water partition coefficient (Wildman–Crippen LogP) is 1.06. The Hall–Kier alpha value is -1.98. The summed E-state index contributed by atoms with van der Waals surface area (Å²) in [6, 6.07) is 0. The lowest BCUT2D eigenvalue weighted by Crippen LogP contribution is -1.96. The van der Waals surface area contributed by atoms with Gasteiger partial charge in [0, 0.05) is 18.8 Å². The quantitative estimate of drug-likeness (QED) is 0.826. The lowest BCUT2D eigenvalue weighted by atomic mass is 10.3. The molecule has 0 saturated heterocycles. The van der Waals surface area contributed by atoms with Gasteiger partial charge in [-0.15, -0.1) is 0 Å². The lowest BCUT2D eigenvalue weighted by molar-refractivity contribution is 0.420. The zero-order valence-electron chi connectivity index (χ0n) is 8.63. The molecule has 1 fully saturated rings. The van der Waals surface area contributed by atoms with Crippen molar-refractivity contribution < 1.29 is 4.52 Å². The Bertz CT molecular complexity index is 505.